The number of rotatable bonds is 7. The van der Waals surface area contributed by atoms with Crippen LogP contribution in [0.15, 0.2) is 42.5 Å². The number of nitrogens with zero attached hydrogens (tertiary/aromatic N) is 1. The van der Waals surface area contributed by atoms with E-state index in [1.807, 2.05) is 31.2 Å². The smallest absolute Gasteiger partial charge is 0.308 e. The molecule has 0 N–H and O–H groups in total. The summed E-state index contributed by atoms with van der Waals surface area (Å²) in [5, 5.41) is 10.6. The Hall–Kier alpha value is -3.92. The van der Waals surface area contributed by atoms with Gasteiger partial charge in [0.2, 0.25) is 11.5 Å². The van der Waals surface area contributed by atoms with Crippen LogP contribution in [-0.2, 0) is 4.79 Å². The molecule has 0 spiro atoms. The molecular formula is C24H23NO6. The van der Waals surface area contributed by atoms with Crippen molar-refractivity contribution in [2.24, 2.45) is 0 Å². The lowest BCUT2D eigenvalue weighted by atomic mass is 10.0. The number of ether oxygens (including phenoxy) is 5. The molecule has 31 heavy (non-hydrogen) atoms. The highest BCUT2D eigenvalue weighted by atomic mass is 16.6. The minimum atomic E-state index is -0.547. The predicted molar refractivity (Wildman–Crippen MR) is 115 cm³/mol. The predicted octanol–water partition coefficient (Wildman–Crippen LogP) is 4.80. The van der Waals surface area contributed by atoms with Crippen LogP contribution in [0.2, 0.25) is 0 Å². The summed E-state index contributed by atoms with van der Waals surface area (Å²) in [5.41, 5.74) is 1.23. The molecule has 7 heteroatoms. The zero-order chi connectivity index (χ0) is 22.5. The van der Waals surface area contributed by atoms with Gasteiger partial charge in [0.05, 0.1) is 38.3 Å². The van der Waals surface area contributed by atoms with Gasteiger partial charge in [-0.15, -0.1) is 0 Å². The first kappa shape index (κ1) is 21.8. The van der Waals surface area contributed by atoms with Crippen molar-refractivity contribution in [2.75, 3.05) is 21.3 Å². The molecule has 1 unspecified atom stereocenters. The van der Waals surface area contributed by atoms with E-state index < -0.39 is 5.97 Å². The van der Waals surface area contributed by atoms with Crippen LogP contribution in [0.25, 0.3) is 10.8 Å². The Morgan fingerprint density at radius 3 is 2.10 bits per heavy atom. The number of carbonyl (C=O) groups excluding carboxylic acids is 1. The molecule has 3 aromatic rings. The second-order valence-electron chi connectivity index (χ2n) is 6.69. The summed E-state index contributed by atoms with van der Waals surface area (Å²) >= 11 is 0. The number of fused-ring (bicyclic) bond motifs is 1. The van der Waals surface area contributed by atoms with Crippen molar-refractivity contribution in [1.29, 1.82) is 5.26 Å². The third-order valence-electron chi connectivity index (χ3n) is 4.81. The van der Waals surface area contributed by atoms with Crippen LogP contribution in [0.1, 0.15) is 31.1 Å². The van der Waals surface area contributed by atoms with E-state index in [1.54, 1.807) is 25.3 Å². The largest absolute Gasteiger partial charge is 0.497 e. The van der Waals surface area contributed by atoms with E-state index in [0.29, 0.717) is 22.1 Å². The van der Waals surface area contributed by atoms with Crippen molar-refractivity contribution < 1.29 is 28.5 Å². The van der Waals surface area contributed by atoms with Gasteiger partial charge in [-0.2, -0.15) is 5.26 Å². The van der Waals surface area contributed by atoms with E-state index in [9.17, 15) is 10.1 Å². The molecular weight excluding hydrogens is 398 g/mol. The second-order valence-corrected chi connectivity index (χ2v) is 6.69. The molecule has 3 rings (SSSR count). The maximum atomic E-state index is 11.8. The Morgan fingerprint density at radius 2 is 1.55 bits per heavy atom. The van der Waals surface area contributed by atoms with Gasteiger partial charge in [0.25, 0.3) is 0 Å². The monoisotopic (exact) mass is 421 g/mol. The summed E-state index contributed by atoms with van der Waals surface area (Å²) in [6.07, 6.45) is -0.363. The van der Waals surface area contributed by atoms with Gasteiger partial charge in [-0.3, -0.25) is 4.79 Å². The molecule has 0 saturated heterocycles. The van der Waals surface area contributed by atoms with Crippen molar-refractivity contribution in [2.45, 2.75) is 20.0 Å². The fraction of sp³-hybridized carbons (Fsp3) is 0.250. The third kappa shape index (κ3) is 4.19. The van der Waals surface area contributed by atoms with Crippen LogP contribution < -0.4 is 23.7 Å². The van der Waals surface area contributed by atoms with Gasteiger partial charge in [-0.05, 0) is 30.7 Å². The Morgan fingerprint density at radius 1 is 0.903 bits per heavy atom. The molecule has 0 aliphatic rings. The summed E-state index contributed by atoms with van der Waals surface area (Å²) in [7, 11) is 4.51. The second kappa shape index (κ2) is 9.26. The highest BCUT2D eigenvalue weighted by molar-refractivity contribution is 6.03. The van der Waals surface area contributed by atoms with Gasteiger partial charge in [-0.25, -0.2) is 0 Å². The molecule has 0 amide bonds. The van der Waals surface area contributed by atoms with E-state index in [2.05, 4.69) is 6.07 Å². The van der Waals surface area contributed by atoms with E-state index in [0.717, 1.165) is 11.3 Å². The molecule has 7 nitrogen and oxygen atoms in total. The number of carbonyl (C=O) groups is 1. The minimum absolute atomic E-state index is 0.114. The SMILES string of the molecule is COc1ccc(C(C)Oc2c(OC)c(OC)c(OC(C)=O)c3c(C#N)cccc23)cc1. The maximum absolute atomic E-state index is 11.8. The molecule has 0 radical (unpaired) electrons. The van der Waals surface area contributed by atoms with E-state index in [1.165, 1.54) is 21.1 Å². The van der Waals surface area contributed by atoms with E-state index in [-0.39, 0.29) is 23.4 Å². The highest BCUT2D eigenvalue weighted by Gasteiger charge is 2.27. The van der Waals surface area contributed by atoms with Crippen molar-refractivity contribution in [3.05, 3.63) is 53.6 Å². The van der Waals surface area contributed by atoms with Crippen molar-refractivity contribution in [3.63, 3.8) is 0 Å². The lowest BCUT2D eigenvalue weighted by Crippen LogP contribution is -2.09. The molecule has 0 fully saturated rings. The van der Waals surface area contributed by atoms with Gasteiger partial charge in [0.1, 0.15) is 11.9 Å². The molecule has 0 bridgehead atoms. The zero-order valence-corrected chi connectivity index (χ0v) is 18.0. The summed E-state index contributed by atoms with van der Waals surface area (Å²) < 4.78 is 28.1. The number of benzene rings is 3. The quantitative estimate of drug-likeness (QED) is 0.400. The van der Waals surface area contributed by atoms with E-state index in [4.69, 9.17) is 23.7 Å². The number of methoxy groups -OCH3 is 3. The molecule has 0 aromatic heterocycles. The van der Waals surface area contributed by atoms with Gasteiger partial charge in [-0.1, -0.05) is 24.3 Å². The molecule has 160 valence electrons. The maximum Gasteiger partial charge on any atom is 0.308 e. The normalized spacial score (nSPS) is 11.4. The summed E-state index contributed by atoms with van der Waals surface area (Å²) in [6, 6.07) is 14.8. The van der Waals surface area contributed by atoms with Crippen LogP contribution in [0.5, 0.6) is 28.7 Å². The minimum Gasteiger partial charge on any atom is -0.497 e. The first-order valence-corrected chi connectivity index (χ1v) is 9.54. The van der Waals surface area contributed by atoms with Crippen LogP contribution >= 0.6 is 0 Å². The first-order chi connectivity index (χ1) is 14.9. The average molecular weight is 421 g/mol. The van der Waals surface area contributed by atoms with E-state index >= 15 is 0 Å². The van der Waals surface area contributed by atoms with Crippen molar-refractivity contribution >= 4 is 16.7 Å². The van der Waals surface area contributed by atoms with Crippen molar-refractivity contribution in [3.8, 4) is 34.8 Å². The molecule has 0 aliphatic heterocycles. The van der Waals surface area contributed by atoms with Gasteiger partial charge in [0.15, 0.2) is 11.5 Å². The van der Waals surface area contributed by atoms with Crippen LogP contribution in [-0.4, -0.2) is 27.3 Å². The standard InChI is InChI=1S/C24H23NO6/c1-14(16-9-11-18(27-3)12-10-16)30-21-19-8-6-7-17(13-25)20(19)22(31-15(2)26)24(29-5)23(21)28-4/h6-12,14H,1-5H3. The molecule has 3 aromatic carbocycles. The van der Waals surface area contributed by atoms with Crippen LogP contribution in [0.3, 0.4) is 0 Å². The number of esters is 1. The molecule has 0 aliphatic carbocycles. The van der Waals surface area contributed by atoms with Crippen LogP contribution in [0, 0.1) is 11.3 Å². The molecule has 1 atom stereocenters. The zero-order valence-electron chi connectivity index (χ0n) is 18.0. The first-order valence-electron chi connectivity index (χ1n) is 9.54. The Kier molecular flexibility index (Phi) is 6.51. The third-order valence-corrected chi connectivity index (χ3v) is 4.81. The summed E-state index contributed by atoms with van der Waals surface area (Å²) in [4.78, 5) is 11.8. The van der Waals surface area contributed by atoms with Gasteiger partial charge < -0.3 is 23.7 Å². The number of nitriles is 1. The summed E-state index contributed by atoms with van der Waals surface area (Å²) in [6.45, 7) is 3.18. The lowest BCUT2D eigenvalue weighted by Gasteiger charge is -2.23. The fourth-order valence-electron chi connectivity index (χ4n) is 3.37. The van der Waals surface area contributed by atoms with Gasteiger partial charge >= 0.3 is 5.97 Å². The number of hydrogen-bond acceptors (Lipinski definition) is 7. The van der Waals surface area contributed by atoms with Crippen molar-refractivity contribution in [1.82, 2.24) is 0 Å². The highest BCUT2D eigenvalue weighted by Crippen LogP contribution is 2.52. The summed E-state index contributed by atoms with van der Waals surface area (Å²) in [5.74, 6) is 1.13. The Labute approximate surface area is 180 Å². The topological polar surface area (TPSA) is 87.0 Å². The number of hydrogen-bond donors (Lipinski definition) is 0. The fourth-order valence-corrected chi connectivity index (χ4v) is 3.37. The van der Waals surface area contributed by atoms with Gasteiger partial charge in [0, 0.05) is 12.3 Å². The lowest BCUT2D eigenvalue weighted by molar-refractivity contribution is -0.131. The Balaban J connectivity index is 2.24. The average Bonchev–Trinajstić information content (AvgIpc) is 2.79. The van der Waals surface area contributed by atoms with Crippen LogP contribution in [0.4, 0.5) is 0 Å². The molecule has 0 heterocycles. The Bertz CT molecular complexity index is 1150. The molecule has 0 saturated carbocycles.